The molecular formula is C25H36N6O3. The monoisotopic (exact) mass is 468 g/mol. The van der Waals surface area contributed by atoms with Crippen LogP contribution in [0.4, 0.5) is 5.95 Å². The van der Waals surface area contributed by atoms with Gasteiger partial charge in [-0.3, -0.25) is 19.1 Å². The summed E-state index contributed by atoms with van der Waals surface area (Å²) in [6, 6.07) is 1.85. The van der Waals surface area contributed by atoms with E-state index in [2.05, 4.69) is 26.9 Å². The summed E-state index contributed by atoms with van der Waals surface area (Å²) >= 11 is 0. The van der Waals surface area contributed by atoms with E-state index >= 15 is 0 Å². The Labute approximate surface area is 201 Å². The van der Waals surface area contributed by atoms with Crippen molar-refractivity contribution in [2.24, 2.45) is 4.99 Å². The maximum absolute atomic E-state index is 12.6. The number of piperidine rings is 1. The fraction of sp³-hybridized carbons (Fsp3) is 0.480. The van der Waals surface area contributed by atoms with Crippen LogP contribution in [0.1, 0.15) is 43.0 Å². The first-order valence-electron chi connectivity index (χ1n) is 11.7. The maximum Gasteiger partial charge on any atom is 0.255 e. The summed E-state index contributed by atoms with van der Waals surface area (Å²) in [6.07, 6.45) is 11.4. The lowest BCUT2D eigenvalue weighted by atomic mass is 10.1. The minimum Gasteiger partial charge on any atom is -0.385 e. The van der Waals surface area contributed by atoms with Crippen LogP contribution in [0, 0.1) is 0 Å². The molecule has 1 aliphatic heterocycles. The number of hydrogen-bond acceptors (Lipinski definition) is 7. The van der Waals surface area contributed by atoms with Crippen molar-refractivity contribution in [3.05, 3.63) is 42.1 Å². The lowest BCUT2D eigenvalue weighted by Gasteiger charge is -2.26. The predicted octanol–water partition coefficient (Wildman–Crippen LogP) is 3.52. The number of imidazole rings is 1. The zero-order chi connectivity index (χ0) is 24.8. The molecule has 2 aromatic rings. The molecule has 184 valence electrons. The Hall–Kier alpha value is -3.33. The van der Waals surface area contributed by atoms with E-state index in [0.29, 0.717) is 24.3 Å². The SMILES string of the molecule is C=C/C=C(/C=O)C=NCC.CNc1nc2cc(C(=O)N3CCCCC3)cnc2n1CCCOC. The van der Waals surface area contributed by atoms with Gasteiger partial charge in [0, 0.05) is 64.9 Å². The normalized spacial score (nSPS) is 14.1. The number of aliphatic imine (C=N–C) groups is 1. The predicted molar refractivity (Wildman–Crippen MR) is 137 cm³/mol. The molecule has 3 rings (SSSR count). The number of methoxy groups -OCH3 is 1. The molecule has 1 saturated heterocycles. The van der Waals surface area contributed by atoms with Gasteiger partial charge in [-0.15, -0.1) is 0 Å². The highest BCUT2D eigenvalue weighted by molar-refractivity contribution is 6.02. The van der Waals surface area contributed by atoms with Crippen LogP contribution in [-0.4, -0.2) is 78.2 Å². The number of anilines is 1. The molecule has 1 N–H and O–H groups in total. The van der Waals surface area contributed by atoms with Gasteiger partial charge in [-0.2, -0.15) is 0 Å². The van der Waals surface area contributed by atoms with Crippen LogP contribution in [0.2, 0.25) is 0 Å². The van der Waals surface area contributed by atoms with Gasteiger partial charge in [-0.05, 0) is 38.7 Å². The number of aldehydes is 1. The van der Waals surface area contributed by atoms with Crippen molar-refractivity contribution in [2.45, 2.75) is 39.2 Å². The summed E-state index contributed by atoms with van der Waals surface area (Å²) in [7, 11) is 3.54. The number of likely N-dealkylation sites (tertiary alicyclic amines) is 1. The number of hydrogen-bond donors (Lipinski definition) is 1. The zero-order valence-electron chi connectivity index (χ0n) is 20.5. The van der Waals surface area contributed by atoms with Gasteiger partial charge in [-0.1, -0.05) is 18.7 Å². The summed E-state index contributed by atoms with van der Waals surface area (Å²) in [5, 5.41) is 3.10. The number of nitrogens with zero attached hydrogens (tertiary/aromatic N) is 5. The van der Waals surface area contributed by atoms with Gasteiger partial charge in [0.2, 0.25) is 5.95 Å². The smallest absolute Gasteiger partial charge is 0.255 e. The second-order valence-electron chi connectivity index (χ2n) is 7.75. The summed E-state index contributed by atoms with van der Waals surface area (Å²) in [5.41, 5.74) is 2.72. The lowest BCUT2D eigenvalue weighted by molar-refractivity contribution is -0.104. The number of aryl methyl sites for hydroxylation is 1. The van der Waals surface area contributed by atoms with Crippen molar-refractivity contribution >= 4 is 35.5 Å². The summed E-state index contributed by atoms with van der Waals surface area (Å²) < 4.78 is 7.15. The number of carbonyl (C=O) groups excluding carboxylic acids is 2. The van der Waals surface area contributed by atoms with Gasteiger partial charge in [0.15, 0.2) is 11.9 Å². The van der Waals surface area contributed by atoms with E-state index in [-0.39, 0.29) is 5.91 Å². The molecule has 2 aromatic heterocycles. The molecule has 0 spiro atoms. The lowest BCUT2D eigenvalue weighted by Crippen LogP contribution is -2.35. The Bertz CT molecular complexity index is 1010. The van der Waals surface area contributed by atoms with Crippen LogP contribution in [0.25, 0.3) is 11.2 Å². The fourth-order valence-corrected chi connectivity index (χ4v) is 3.62. The molecule has 0 unspecified atom stereocenters. The van der Waals surface area contributed by atoms with Gasteiger partial charge >= 0.3 is 0 Å². The Kier molecular flexibility index (Phi) is 11.7. The molecule has 0 aliphatic carbocycles. The Balaban J connectivity index is 0.000000347. The minimum absolute atomic E-state index is 0.0593. The highest BCUT2D eigenvalue weighted by Crippen LogP contribution is 2.21. The molecule has 9 heteroatoms. The first kappa shape index (κ1) is 26.9. The molecule has 0 aromatic carbocycles. The molecule has 0 bridgehead atoms. The van der Waals surface area contributed by atoms with Crippen molar-refractivity contribution in [2.75, 3.05) is 45.7 Å². The molecule has 1 amide bonds. The quantitative estimate of drug-likeness (QED) is 0.188. The van der Waals surface area contributed by atoms with Crippen LogP contribution < -0.4 is 5.32 Å². The molecule has 9 nitrogen and oxygen atoms in total. The van der Waals surface area contributed by atoms with E-state index in [4.69, 9.17) is 4.74 Å². The van der Waals surface area contributed by atoms with Crippen LogP contribution in [-0.2, 0) is 16.1 Å². The van der Waals surface area contributed by atoms with Crippen LogP contribution in [0.5, 0.6) is 0 Å². The van der Waals surface area contributed by atoms with Crippen molar-refractivity contribution < 1.29 is 14.3 Å². The van der Waals surface area contributed by atoms with Gasteiger partial charge in [0.25, 0.3) is 5.91 Å². The maximum atomic E-state index is 12.6. The average Bonchev–Trinajstić information content (AvgIpc) is 3.24. The summed E-state index contributed by atoms with van der Waals surface area (Å²) in [6.45, 7) is 9.20. The molecule has 0 atom stereocenters. The average molecular weight is 469 g/mol. The van der Waals surface area contributed by atoms with Gasteiger partial charge in [-0.25, -0.2) is 9.97 Å². The molecule has 1 fully saturated rings. The van der Waals surface area contributed by atoms with Crippen LogP contribution in [0.15, 0.2) is 41.6 Å². The van der Waals surface area contributed by atoms with E-state index in [1.165, 1.54) is 12.6 Å². The van der Waals surface area contributed by atoms with E-state index in [0.717, 1.165) is 62.3 Å². The number of allylic oxidation sites excluding steroid dienone is 3. The minimum atomic E-state index is 0.0593. The molecule has 1 aliphatic rings. The molecule has 0 radical (unpaired) electrons. The third-order valence-electron chi connectivity index (χ3n) is 5.30. The van der Waals surface area contributed by atoms with Crippen molar-refractivity contribution in [1.82, 2.24) is 19.4 Å². The summed E-state index contributed by atoms with van der Waals surface area (Å²) in [4.78, 5) is 37.7. The Morgan fingerprint density at radius 3 is 2.71 bits per heavy atom. The number of nitrogens with one attached hydrogen (secondary N) is 1. The molecule has 0 saturated carbocycles. The van der Waals surface area contributed by atoms with E-state index in [1.54, 1.807) is 25.5 Å². The van der Waals surface area contributed by atoms with Gasteiger partial charge < -0.3 is 15.0 Å². The third kappa shape index (κ3) is 7.62. The number of pyridine rings is 1. The molecule has 3 heterocycles. The van der Waals surface area contributed by atoms with Crippen molar-refractivity contribution in [1.29, 1.82) is 0 Å². The van der Waals surface area contributed by atoms with Crippen molar-refractivity contribution in [3.63, 3.8) is 0 Å². The standard InChI is InChI=1S/C17H25N5O2.C8H11NO/c1-18-17-20-14-11-13(16(23)21-7-4-3-5-8-21)12-19-15(14)22(17)9-6-10-24-2;1-3-5-8(7-10)6-9-4-2/h11-12H,3-10H2,1-2H3,(H,18,20);3,5-7H,1,4H2,2H3/b;8-5+,9-6?. The first-order valence-corrected chi connectivity index (χ1v) is 11.7. The van der Waals surface area contributed by atoms with E-state index in [9.17, 15) is 9.59 Å². The fourth-order valence-electron chi connectivity index (χ4n) is 3.62. The molecular weight excluding hydrogens is 432 g/mol. The number of ether oxygens (including phenoxy) is 1. The largest absolute Gasteiger partial charge is 0.385 e. The highest BCUT2D eigenvalue weighted by atomic mass is 16.5. The first-order chi connectivity index (χ1) is 16.6. The number of fused-ring (bicyclic) bond motifs is 1. The van der Waals surface area contributed by atoms with E-state index < -0.39 is 0 Å². The van der Waals surface area contributed by atoms with Crippen LogP contribution in [0.3, 0.4) is 0 Å². The number of rotatable bonds is 10. The zero-order valence-corrected chi connectivity index (χ0v) is 20.5. The van der Waals surface area contributed by atoms with Gasteiger partial charge in [0.1, 0.15) is 5.52 Å². The van der Waals surface area contributed by atoms with Crippen LogP contribution >= 0.6 is 0 Å². The second-order valence-corrected chi connectivity index (χ2v) is 7.75. The highest BCUT2D eigenvalue weighted by Gasteiger charge is 2.20. The van der Waals surface area contributed by atoms with Gasteiger partial charge in [0.05, 0.1) is 5.56 Å². The van der Waals surface area contributed by atoms with Crippen molar-refractivity contribution in [3.8, 4) is 0 Å². The number of amides is 1. The van der Waals surface area contributed by atoms with E-state index in [1.807, 2.05) is 29.5 Å². The summed E-state index contributed by atoms with van der Waals surface area (Å²) in [5.74, 6) is 0.820. The number of carbonyl (C=O) groups is 2. The molecule has 34 heavy (non-hydrogen) atoms. The third-order valence-corrected chi connectivity index (χ3v) is 5.30. The Morgan fingerprint density at radius 2 is 2.09 bits per heavy atom. The second kappa shape index (κ2) is 14.7. The topological polar surface area (TPSA) is 102 Å². The number of aromatic nitrogens is 3. The Morgan fingerprint density at radius 1 is 1.32 bits per heavy atom.